The van der Waals surface area contributed by atoms with Crippen molar-refractivity contribution in [1.29, 1.82) is 0 Å². The van der Waals surface area contributed by atoms with Crippen molar-refractivity contribution in [1.82, 2.24) is 4.98 Å². The Morgan fingerprint density at radius 1 is 1.29 bits per heavy atom. The second-order valence-electron chi connectivity index (χ2n) is 4.96. The summed E-state index contributed by atoms with van der Waals surface area (Å²) < 4.78 is 12.2. The van der Waals surface area contributed by atoms with Crippen LogP contribution < -0.4 is 4.90 Å². The van der Waals surface area contributed by atoms with E-state index in [1.807, 2.05) is 0 Å². The van der Waals surface area contributed by atoms with Crippen molar-refractivity contribution < 1.29 is 14.4 Å². The SMILES string of the molecule is O=[N+]([O-])c1cc(Br)c(N2CCC3(CC2)OCCO3)nc1Br. The van der Waals surface area contributed by atoms with Crippen LogP contribution in [0.1, 0.15) is 12.8 Å². The van der Waals surface area contributed by atoms with E-state index in [2.05, 4.69) is 41.7 Å². The molecule has 3 rings (SSSR count). The van der Waals surface area contributed by atoms with Gasteiger partial charge in [-0.15, -0.1) is 0 Å². The molecule has 0 aromatic carbocycles. The van der Waals surface area contributed by atoms with Gasteiger partial charge >= 0.3 is 5.69 Å². The Morgan fingerprint density at radius 2 is 1.90 bits per heavy atom. The molecule has 0 radical (unpaired) electrons. The summed E-state index contributed by atoms with van der Waals surface area (Å²) >= 11 is 6.53. The van der Waals surface area contributed by atoms with E-state index in [1.54, 1.807) is 0 Å². The Labute approximate surface area is 138 Å². The summed E-state index contributed by atoms with van der Waals surface area (Å²) in [4.78, 5) is 16.8. The summed E-state index contributed by atoms with van der Waals surface area (Å²) in [6, 6.07) is 1.47. The lowest BCUT2D eigenvalue weighted by atomic mass is 10.0. The van der Waals surface area contributed by atoms with Crippen molar-refractivity contribution in [2.45, 2.75) is 18.6 Å². The molecule has 2 aliphatic rings. The maximum atomic E-state index is 10.9. The highest BCUT2D eigenvalue weighted by molar-refractivity contribution is 9.11. The molecule has 9 heteroatoms. The molecule has 7 nitrogen and oxygen atoms in total. The van der Waals surface area contributed by atoms with E-state index in [-0.39, 0.29) is 10.3 Å². The monoisotopic (exact) mass is 421 g/mol. The molecule has 2 saturated heterocycles. The first-order chi connectivity index (χ1) is 10.0. The van der Waals surface area contributed by atoms with Crippen molar-refractivity contribution in [2.75, 3.05) is 31.2 Å². The van der Waals surface area contributed by atoms with Gasteiger partial charge < -0.3 is 14.4 Å². The number of nitrogens with zero attached hydrogens (tertiary/aromatic N) is 3. The average molecular weight is 423 g/mol. The predicted molar refractivity (Wildman–Crippen MR) is 82.4 cm³/mol. The predicted octanol–water partition coefficient (Wildman–Crippen LogP) is 2.86. The zero-order chi connectivity index (χ0) is 15.0. The van der Waals surface area contributed by atoms with Crippen molar-refractivity contribution in [3.63, 3.8) is 0 Å². The maximum Gasteiger partial charge on any atom is 0.303 e. The summed E-state index contributed by atoms with van der Waals surface area (Å²) in [6.45, 7) is 2.75. The molecule has 0 bridgehead atoms. The number of rotatable bonds is 2. The van der Waals surface area contributed by atoms with Crippen LogP contribution in [0.15, 0.2) is 15.1 Å². The van der Waals surface area contributed by atoms with Gasteiger partial charge in [-0.2, -0.15) is 0 Å². The minimum Gasteiger partial charge on any atom is -0.355 e. The Balaban J connectivity index is 1.79. The third-order valence-corrected chi connectivity index (χ3v) is 4.89. The zero-order valence-corrected chi connectivity index (χ0v) is 14.2. The molecule has 0 N–H and O–H groups in total. The minimum absolute atomic E-state index is 0.0541. The first-order valence-electron chi connectivity index (χ1n) is 6.54. The normalized spacial score (nSPS) is 21.0. The highest BCUT2D eigenvalue weighted by Crippen LogP contribution is 2.37. The van der Waals surface area contributed by atoms with Gasteiger partial charge in [0.1, 0.15) is 5.82 Å². The lowest BCUT2D eigenvalue weighted by Gasteiger charge is -2.38. The van der Waals surface area contributed by atoms with Crippen molar-refractivity contribution in [2.24, 2.45) is 0 Å². The second kappa shape index (κ2) is 5.79. The number of aromatic nitrogens is 1. The van der Waals surface area contributed by atoms with Crippen LogP contribution in [0.4, 0.5) is 11.5 Å². The maximum absolute atomic E-state index is 10.9. The molecule has 114 valence electrons. The summed E-state index contributed by atoms with van der Waals surface area (Å²) in [7, 11) is 0. The number of hydrogen-bond donors (Lipinski definition) is 0. The molecule has 21 heavy (non-hydrogen) atoms. The Kier molecular flexibility index (Phi) is 4.17. The minimum atomic E-state index is -0.461. The fraction of sp³-hybridized carbons (Fsp3) is 0.583. The number of piperidine rings is 1. The molecule has 3 heterocycles. The van der Waals surface area contributed by atoms with Crippen LogP contribution in [0.3, 0.4) is 0 Å². The lowest BCUT2D eigenvalue weighted by Crippen LogP contribution is -2.45. The van der Waals surface area contributed by atoms with Gasteiger partial charge in [0, 0.05) is 32.0 Å². The third kappa shape index (κ3) is 2.92. The molecule has 2 fully saturated rings. The fourth-order valence-corrected chi connectivity index (χ4v) is 3.63. The number of nitro groups is 1. The van der Waals surface area contributed by atoms with E-state index < -0.39 is 10.7 Å². The van der Waals surface area contributed by atoms with Gasteiger partial charge in [0.25, 0.3) is 0 Å². The summed E-state index contributed by atoms with van der Waals surface area (Å²) in [6.07, 6.45) is 1.52. The van der Waals surface area contributed by atoms with E-state index >= 15 is 0 Å². The largest absolute Gasteiger partial charge is 0.355 e. The molecule has 0 unspecified atom stereocenters. The second-order valence-corrected chi connectivity index (χ2v) is 6.56. The van der Waals surface area contributed by atoms with Crippen molar-refractivity contribution in [3.8, 4) is 0 Å². The van der Waals surface area contributed by atoms with Crippen LogP contribution in [0.2, 0.25) is 0 Å². The van der Waals surface area contributed by atoms with Crippen LogP contribution >= 0.6 is 31.9 Å². The molecule has 1 aromatic heterocycles. The summed E-state index contributed by atoms with van der Waals surface area (Å²) in [5.41, 5.74) is -0.0541. The highest BCUT2D eigenvalue weighted by atomic mass is 79.9. The molecule has 2 aliphatic heterocycles. The van der Waals surface area contributed by atoms with E-state index in [9.17, 15) is 10.1 Å². The van der Waals surface area contributed by atoms with Crippen LogP contribution in [0.5, 0.6) is 0 Å². The van der Waals surface area contributed by atoms with Crippen molar-refractivity contribution in [3.05, 3.63) is 25.3 Å². The molecule has 0 aliphatic carbocycles. The third-order valence-electron chi connectivity index (χ3n) is 3.73. The van der Waals surface area contributed by atoms with Gasteiger partial charge in [-0.1, -0.05) is 0 Å². The Hall–Kier alpha value is -0.770. The van der Waals surface area contributed by atoms with E-state index in [0.29, 0.717) is 23.5 Å². The van der Waals surface area contributed by atoms with Crippen LogP contribution in [0.25, 0.3) is 0 Å². The van der Waals surface area contributed by atoms with Gasteiger partial charge in [-0.25, -0.2) is 4.98 Å². The number of hydrogen-bond acceptors (Lipinski definition) is 6. The Bertz CT molecular complexity index is 568. The molecule has 1 aromatic rings. The van der Waals surface area contributed by atoms with E-state index in [4.69, 9.17) is 9.47 Å². The topological polar surface area (TPSA) is 77.7 Å². The highest BCUT2D eigenvalue weighted by Gasteiger charge is 2.40. The van der Waals surface area contributed by atoms with E-state index in [0.717, 1.165) is 25.9 Å². The number of halogens is 2. The quantitative estimate of drug-likeness (QED) is 0.414. The fourth-order valence-electron chi connectivity index (χ4n) is 2.64. The number of pyridine rings is 1. The first-order valence-corrected chi connectivity index (χ1v) is 8.13. The first kappa shape index (κ1) is 15.1. The molecular weight excluding hydrogens is 410 g/mol. The van der Waals surface area contributed by atoms with Gasteiger partial charge in [-0.3, -0.25) is 10.1 Å². The lowest BCUT2D eigenvalue weighted by molar-refractivity contribution is -0.386. The molecular formula is C12H13Br2N3O4. The molecule has 0 amide bonds. The van der Waals surface area contributed by atoms with Crippen molar-refractivity contribution >= 4 is 43.4 Å². The average Bonchev–Trinajstić information content (AvgIpc) is 2.90. The summed E-state index contributed by atoms with van der Waals surface area (Å²) in [5.74, 6) is 0.251. The van der Waals surface area contributed by atoms with E-state index in [1.165, 1.54) is 6.07 Å². The smallest absolute Gasteiger partial charge is 0.303 e. The van der Waals surface area contributed by atoms with Crippen LogP contribution in [0, 0.1) is 10.1 Å². The van der Waals surface area contributed by atoms with Crippen LogP contribution in [-0.4, -0.2) is 42.0 Å². The number of anilines is 1. The van der Waals surface area contributed by atoms with Crippen LogP contribution in [-0.2, 0) is 9.47 Å². The van der Waals surface area contributed by atoms with Gasteiger partial charge in [0.15, 0.2) is 10.4 Å². The Morgan fingerprint density at radius 3 is 2.48 bits per heavy atom. The number of ether oxygens (including phenoxy) is 2. The van der Waals surface area contributed by atoms with Gasteiger partial charge in [0.2, 0.25) is 0 Å². The van der Waals surface area contributed by atoms with Gasteiger partial charge in [-0.05, 0) is 31.9 Å². The zero-order valence-electron chi connectivity index (χ0n) is 11.1. The summed E-state index contributed by atoms with van der Waals surface area (Å²) in [5, 5.41) is 10.9. The van der Waals surface area contributed by atoms with Gasteiger partial charge in [0.05, 0.1) is 22.6 Å². The molecule has 1 spiro atoms. The molecule has 0 atom stereocenters. The molecule has 0 saturated carbocycles. The standard InChI is InChI=1S/C12H13Br2N3O4/c13-8-7-9(17(18)19)10(14)15-11(8)16-3-1-12(2-4-16)20-5-6-21-12/h7H,1-6H2.